The monoisotopic (exact) mass is 268 g/mol. The molecule has 0 aliphatic carbocycles. The topological polar surface area (TPSA) is 0 Å². The normalized spacial score (nSPS) is 26.2. The maximum Gasteiger partial charge on any atom is 0.0680 e. The molecule has 0 aromatic carbocycles. The molecule has 1 rings (SSSR count). The van der Waals surface area contributed by atoms with Crippen LogP contribution in [0, 0.1) is 5.41 Å². The second-order valence-corrected chi connectivity index (χ2v) is 15.8. The molecule has 1 aliphatic rings. The van der Waals surface area contributed by atoms with Gasteiger partial charge in [-0.05, 0) is 21.0 Å². The SMILES string of the molecule is CC(C)(C)C1CCCC[Si]1(C(C)(C)C)C(C)(C)C. The van der Waals surface area contributed by atoms with E-state index < -0.39 is 8.07 Å². The van der Waals surface area contributed by atoms with E-state index in [1.807, 2.05) is 0 Å². The van der Waals surface area contributed by atoms with Crippen LogP contribution in [0.1, 0.15) is 81.6 Å². The highest BCUT2D eigenvalue weighted by molar-refractivity contribution is 6.86. The van der Waals surface area contributed by atoms with Gasteiger partial charge in [0.2, 0.25) is 0 Å². The van der Waals surface area contributed by atoms with Crippen LogP contribution < -0.4 is 0 Å². The van der Waals surface area contributed by atoms with Gasteiger partial charge in [0, 0.05) is 0 Å². The lowest BCUT2D eigenvalue weighted by atomic mass is 9.88. The summed E-state index contributed by atoms with van der Waals surface area (Å²) in [6, 6.07) is 1.54. The molecule has 18 heavy (non-hydrogen) atoms. The third-order valence-electron chi connectivity index (χ3n) is 5.63. The smallest absolute Gasteiger partial charge is 0.0625 e. The molecule has 1 heteroatoms. The van der Waals surface area contributed by atoms with Crippen LogP contribution in [0.2, 0.25) is 21.7 Å². The summed E-state index contributed by atoms with van der Waals surface area (Å²) in [5, 5.41) is 1.03. The van der Waals surface area contributed by atoms with Gasteiger partial charge in [-0.1, -0.05) is 87.6 Å². The molecule has 0 aromatic heterocycles. The zero-order valence-electron chi connectivity index (χ0n) is 14.4. The molecule has 0 amide bonds. The summed E-state index contributed by atoms with van der Waals surface area (Å²) >= 11 is 0. The molecule has 0 saturated carbocycles. The molecular formula is C17H36Si. The first kappa shape index (κ1) is 16.3. The lowest BCUT2D eigenvalue weighted by molar-refractivity contribution is 0.314. The molecule has 1 atom stereocenters. The van der Waals surface area contributed by atoms with Gasteiger partial charge in [0.05, 0.1) is 8.07 Å². The number of rotatable bonds is 0. The van der Waals surface area contributed by atoms with Crippen molar-refractivity contribution in [2.45, 2.75) is 103 Å². The van der Waals surface area contributed by atoms with E-state index in [0.29, 0.717) is 15.5 Å². The molecule has 0 nitrogen and oxygen atoms in total. The Morgan fingerprint density at radius 3 is 1.44 bits per heavy atom. The fourth-order valence-electron chi connectivity index (χ4n) is 5.27. The highest BCUT2D eigenvalue weighted by Gasteiger charge is 2.59. The molecule has 0 radical (unpaired) electrons. The summed E-state index contributed by atoms with van der Waals surface area (Å²) in [5.74, 6) is 0. The van der Waals surface area contributed by atoms with Crippen molar-refractivity contribution in [1.82, 2.24) is 0 Å². The molecule has 1 unspecified atom stereocenters. The van der Waals surface area contributed by atoms with Gasteiger partial charge in [0.25, 0.3) is 0 Å². The Bertz CT molecular complexity index is 268. The summed E-state index contributed by atoms with van der Waals surface area (Å²) in [4.78, 5) is 0. The average molecular weight is 269 g/mol. The average Bonchev–Trinajstić information content (AvgIpc) is 2.12. The van der Waals surface area contributed by atoms with Crippen LogP contribution in [-0.4, -0.2) is 8.07 Å². The molecule has 108 valence electrons. The quantitative estimate of drug-likeness (QED) is 0.432. The predicted octanol–water partition coefficient (Wildman–Crippen LogP) is 6.64. The first-order valence-electron chi connectivity index (χ1n) is 7.84. The highest BCUT2D eigenvalue weighted by Crippen LogP contribution is 2.66. The Morgan fingerprint density at radius 2 is 1.17 bits per heavy atom. The van der Waals surface area contributed by atoms with Gasteiger partial charge < -0.3 is 0 Å². The molecule has 0 bridgehead atoms. The van der Waals surface area contributed by atoms with Gasteiger partial charge in [0.15, 0.2) is 0 Å². The Morgan fingerprint density at radius 1 is 0.722 bits per heavy atom. The van der Waals surface area contributed by atoms with Gasteiger partial charge in [-0.15, -0.1) is 0 Å². The predicted molar refractivity (Wildman–Crippen MR) is 87.0 cm³/mol. The van der Waals surface area contributed by atoms with Gasteiger partial charge in [-0.25, -0.2) is 0 Å². The molecule has 0 spiro atoms. The minimum Gasteiger partial charge on any atom is -0.0625 e. The number of hydrogen-bond donors (Lipinski definition) is 0. The standard InChI is InChI=1S/C17H36Si/c1-15(2,3)14-12-10-11-13-18(14,16(4,5)6)17(7,8)9/h14H,10-13H2,1-9H3. The number of hydrogen-bond acceptors (Lipinski definition) is 0. The summed E-state index contributed by atoms with van der Waals surface area (Å²) in [5.41, 5.74) is 1.45. The van der Waals surface area contributed by atoms with Gasteiger partial charge in [-0.2, -0.15) is 0 Å². The summed E-state index contributed by atoms with van der Waals surface area (Å²) in [6.07, 6.45) is 4.42. The van der Waals surface area contributed by atoms with Crippen LogP contribution in [0.5, 0.6) is 0 Å². The first-order valence-corrected chi connectivity index (χ1v) is 10.1. The second kappa shape index (κ2) is 4.65. The van der Waals surface area contributed by atoms with Crippen molar-refractivity contribution in [3.8, 4) is 0 Å². The van der Waals surface area contributed by atoms with E-state index in [1.54, 1.807) is 6.04 Å². The largest absolute Gasteiger partial charge is 0.0680 e. The lowest BCUT2D eigenvalue weighted by Crippen LogP contribution is -2.59. The van der Waals surface area contributed by atoms with Crippen LogP contribution in [0.4, 0.5) is 0 Å². The summed E-state index contributed by atoms with van der Waals surface area (Å²) in [6.45, 7) is 22.7. The summed E-state index contributed by atoms with van der Waals surface area (Å²) in [7, 11) is -1.35. The van der Waals surface area contributed by atoms with Gasteiger partial charge in [-0.3, -0.25) is 0 Å². The van der Waals surface area contributed by atoms with Gasteiger partial charge in [0.1, 0.15) is 0 Å². The van der Waals surface area contributed by atoms with Gasteiger partial charge >= 0.3 is 0 Å². The second-order valence-electron chi connectivity index (χ2n) is 9.64. The molecular weight excluding hydrogens is 232 g/mol. The Kier molecular flexibility index (Phi) is 4.20. The van der Waals surface area contributed by atoms with Crippen molar-refractivity contribution in [1.29, 1.82) is 0 Å². The third-order valence-corrected chi connectivity index (χ3v) is 14.5. The zero-order valence-corrected chi connectivity index (χ0v) is 15.4. The first-order chi connectivity index (χ1) is 7.84. The molecule has 1 fully saturated rings. The van der Waals surface area contributed by atoms with E-state index >= 15 is 0 Å². The molecule has 0 N–H and O–H groups in total. The van der Waals surface area contributed by atoms with Crippen LogP contribution in [0.25, 0.3) is 0 Å². The Hall–Kier alpha value is 0.217. The van der Waals surface area contributed by atoms with E-state index in [4.69, 9.17) is 0 Å². The van der Waals surface area contributed by atoms with E-state index in [0.717, 1.165) is 5.54 Å². The Labute approximate surface area is 117 Å². The molecule has 1 saturated heterocycles. The van der Waals surface area contributed by atoms with Crippen LogP contribution >= 0.6 is 0 Å². The molecule has 1 aliphatic heterocycles. The van der Waals surface area contributed by atoms with Crippen molar-refractivity contribution in [3.63, 3.8) is 0 Å². The highest BCUT2D eigenvalue weighted by atomic mass is 28.3. The molecule has 1 heterocycles. The van der Waals surface area contributed by atoms with Crippen molar-refractivity contribution in [3.05, 3.63) is 0 Å². The maximum atomic E-state index is 2.54. The van der Waals surface area contributed by atoms with E-state index in [9.17, 15) is 0 Å². The van der Waals surface area contributed by atoms with E-state index in [-0.39, 0.29) is 0 Å². The van der Waals surface area contributed by atoms with Crippen molar-refractivity contribution in [2.24, 2.45) is 5.41 Å². The van der Waals surface area contributed by atoms with Crippen molar-refractivity contribution >= 4 is 8.07 Å². The maximum absolute atomic E-state index is 2.54. The fourth-order valence-corrected chi connectivity index (χ4v) is 14.4. The van der Waals surface area contributed by atoms with Crippen LogP contribution in [-0.2, 0) is 0 Å². The lowest BCUT2D eigenvalue weighted by Gasteiger charge is -2.62. The zero-order chi connectivity index (χ0) is 14.4. The summed E-state index contributed by atoms with van der Waals surface area (Å²) < 4.78 is 0. The fraction of sp³-hybridized carbons (Fsp3) is 1.00. The van der Waals surface area contributed by atoms with Crippen LogP contribution in [0.15, 0.2) is 0 Å². The van der Waals surface area contributed by atoms with Crippen molar-refractivity contribution < 1.29 is 0 Å². The van der Waals surface area contributed by atoms with E-state index in [1.165, 1.54) is 19.3 Å². The Balaban J connectivity index is 3.38. The third kappa shape index (κ3) is 2.57. The molecule has 0 aromatic rings. The van der Waals surface area contributed by atoms with E-state index in [2.05, 4.69) is 62.3 Å². The minimum atomic E-state index is -1.35. The minimum absolute atomic E-state index is 0.479. The van der Waals surface area contributed by atoms with Crippen LogP contribution in [0.3, 0.4) is 0 Å². The van der Waals surface area contributed by atoms with Crippen molar-refractivity contribution in [2.75, 3.05) is 0 Å².